The van der Waals surface area contributed by atoms with Crippen molar-refractivity contribution in [1.82, 2.24) is 24.7 Å². The molecule has 2 heterocycles. The zero-order chi connectivity index (χ0) is 21.8. The third-order valence-corrected chi connectivity index (χ3v) is 5.63. The number of para-hydroxylation sites is 2. The summed E-state index contributed by atoms with van der Waals surface area (Å²) in [6.07, 6.45) is 5.03. The molecule has 1 fully saturated rings. The maximum atomic E-state index is 12.6. The molecule has 0 aliphatic heterocycles. The molecule has 0 saturated heterocycles. The minimum atomic E-state index is -3.94. The van der Waals surface area contributed by atoms with E-state index in [0.29, 0.717) is 24.0 Å². The highest BCUT2D eigenvalue weighted by atomic mass is 35.5. The van der Waals surface area contributed by atoms with Gasteiger partial charge in [0.1, 0.15) is 0 Å². The molecule has 0 spiro atoms. The standard InChI is InChI=1S/C19H19ClN6O4S/c1-29-13-5-2-3-6-14(13)30-15-16(20)24-19(18-21-9-4-10-22-18)25-17(15)26-31(27,28)23-11-12-7-8-12/h2-6,9-10,12,23H,7-8,11H2,1H3,(H,24,25,26). The zero-order valence-corrected chi connectivity index (χ0v) is 18.0. The summed E-state index contributed by atoms with van der Waals surface area (Å²) in [5.74, 6) is 1.07. The van der Waals surface area contributed by atoms with E-state index in [1.54, 1.807) is 30.3 Å². The molecule has 1 aliphatic rings. The highest BCUT2D eigenvalue weighted by Gasteiger charge is 2.26. The quantitative estimate of drug-likeness (QED) is 0.464. The number of ether oxygens (including phenoxy) is 2. The highest BCUT2D eigenvalue weighted by Crippen LogP contribution is 2.39. The van der Waals surface area contributed by atoms with Crippen molar-refractivity contribution in [3.63, 3.8) is 0 Å². The van der Waals surface area contributed by atoms with Crippen molar-refractivity contribution in [3.8, 4) is 28.9 Å². The van der Waals surface area contributed by atoms with Gasteiger partial charge in [-0.05, 0) is 37.0 Å². The molecule has 1 saturated carbocycles. The Morgan fingerprint density at radius 3 is 2.45 bits per heavy atom. The van der Waals surface area contributed by atoms with Gasteiger partial charge in [-0.3, -0.25) is 4.72 Å². The minimum absolute atomic E-state index is 0.0397. The third-order valence-electron chi connectivity index (χ3n) is 4.36. The Bertz CT molecular complexity index is 1180. The average Bonchev–Trinajstić information content (AvgIpc) is 3.60. The van der Waals surface area contributed by atoms with Gasteiger partial charge in [-0.15, -0.1) is 0 Å². The van der Waals surface area contributed by atoms with E-state index in [1.165, 1.54) is 19.5 Å². The van der Waals surface area contributed by atoms with Gasteiger partial charge in [-0.25, -0.2) is 19.9 Å². The van der Waals surface area contributed by atoms with Gasteiger partial charge >= 0.3 is 0 Å². The number of rotatable bonds is 9. The van der Waals surface area contributed by atoms with Crippen LogP contribution in [0.3, 0.4) is 0 Å². The minimum Gasteiger partial charge on any atom is -0.493 e. The first-order valence-corrected chi connectivity index (χ1v) is 11.2. The van der Waals surface area contributed by atoms with Crippen LogP contribution >= 0.6 is 11.6 Å². The fraction of sp³-hybridized carbons (Fsp3) is 0.263. The van der Waals surface area contributed by atoms with Gasteiger partial charge in [0.05, 0.1) is 7.11 Å². The van der Waals surface area contributed by atoms with Gasteiger partial charge < -0.3 is 9.47 Å². The van der Waals surface area contributed by atoms with Crippen LogP contribution in [0.1, 0.15) is 12.8 Å². The van der Waals surface area contributed by atoms with Crippen LogP contribution in [-0.4, -0.2) is 42.0 Å². The van der Waals surface area contributed by atoms with Crippen molar-refractivity contribution in [3.05, 3.63) is 47.9 Å². The van der Waals surface area contributed by atoms with Crippen LogP contribution in [0.5, 0.6) is 17.2 Å². The van der Waals surface area contributed by atoms with Crippen LogP contribution in [0.25, 0.3) is 11.6 Å². The van der Waals surface area contributed by atoms with Crippen molar-refractivity contribution < 1.29 is 17.9 Å². The van der Waals surface area contributed by atoms with E-state index in [9.17, 15) is 8.42 Å². The fourth-order valence-electron chi connectivity index (χ4n) is 2.62. The molecule has 1 aliphatic carbocycles. The molecule has 1 aromatic carbocycles. The first-order chi connectivity index (χ1) is 14.9. The molecule has 3 aromatic rings. The Balaban J connectivity index is 1.73. The predicted octanol–water partition coefficient (Wildman–Crippen LogP) is 3.04. The van der Waals surface area contributed by atoms with Gasteiger partial charge in [0.15, 0.2) is 28.3 Å². The van der Waals surface area contributed by atoms with E-state index in [2.05, 4.69) is 29.4 Å². The van der Waals surface area contributed by atoms with E-state index in [4.69, 9.17) is 21.1 Å². The number of benzene rings is 1. The Kier molecular flexibility index (Phi) is 6.16. The number of hydrogen-bond acceptors (Lipinski definition) is 8. The summed E-state index contributed by atoms with van der Waals surface area (Å²) in [4.78, 5) is 16.6. The van der Waals surface area contributed by atoms with Crippen LogP contribution in [-0.2, 0) is 10.2 Å². The first-order valence-electron chi connectivity index (χ1n) is 9.38. The first kappa shape index (κ1) is 21.2. The second-order valence-corrected chi connectivity index (χ2v) is 8.60. The molecule has 4 rings (SSSR count). The van der Waals surface area contributed by atoms with Crippen molar-refractivity contribution in [2.24, 2.45) is 5.92 Å². The Hall–Kier alpha value is -3.02. The van der Waals surface area contributed by atoms with E-state index in [-0.39, 0.29) is 28.4 Å². The lowest BCUT2D eigenvalue weighted by Crippen LogP contribution is -2.32. The maximum absolute atomic E-state index is 12.6. The molecule has 31 heavy (non-hydrogen) atoms. The second kappa shape index (κ2) is 9.00. The number of methoxy groups -OCH3 is 1. The Morgan fingerprint density at radius 2 is 1.77 bits per heavy atom. The van der Waals surface area contributed by atoms with Crippen LogP contribution in [0, 0.1) is 5.92 Å². The molecule has 0 unspecified atom stereocenters. The van der Waals surface area contributed by atoms with Crippen LogP contribution in [0.4, 0.5) is 5.82 Å². The largest absolute Gasteiger partial charge is 0.493 e. The van der Waals surface area contributed by atoms with E-state index in [1.807, 2.05) is 0 Å². The van der Waals surface area contributed by atoms with Crippen LogP contribution in [0.15, 0.2) is 42.7 Å². The van der Waals surface area contributed by atoms with Gasteiger partial charge in [0.25, 0.3) is 10.2 Å². The molecular formula is C19H19ClN6O4S. The lowest BCUT2D eigenvalue weighted by atomic mass is 10.3. The predicted molar refractivity (Wildman–Crippen MR) is 114 cm³/mol. The zero-order valence-electron chi connectivity index (χ0n) is 16.4. The maximum Gasteiger partial charge on any atom is 0.300 e. The van der Waals surface area contributed by atoms with Crippen molar-refractivity contribution in [2.75, 3.05) is 18.4 Å². The molecule has 0 amide bonds. The monoisotopic (exact) mass is 462 g/mol. The van der Waals surface area contributed by atoms with E-state index >= 15 is 0 Å². The number of nitrogens with zero attached hydrogens (tertiary/aromatic N) is 4. The number of halogens is 1. The lowest BCUT2D eigenvalue weighted by molar-refractivity contribution is 0.378. The van der Waals surface area contributed by atoms with Crippen LogP contribution in [0.2, 0.25) is 5.15 Å². The summed E-state index contributed by atoms with van der Waals surface area (Å²) < 4.78 is 41.2. The molecule has 0 atom stereocenters. The van der Waals surface area contributed by atoms with Gasteiger partial charge in [0, 0.05) is 18.9 Å². The summed E-state index contributed by atoms with van der Waals surface area (Å²) in [6, 6.07) is 8.48. The summed E-state index contributed by atoms with van der Waals surface area (Å²) in [5.41, 5.74) is 0. The number of hydrogen-bond donors (Lipinski definition) is 2. The number of nitrogens with one attached hydrogen (secondary N) is 2. The second-order valence-electron chi connectivity index (χ2n) is 6.74. The number of aromatic nitrogens is 4. The topological polar surface area (TPSA) is 128 Å². The third kappa shape index (κ3) is 5.37. The van der Waals surface area contributed by atoms with Crippen LogP contribution < -0.4 is 18.9 Å². The normalized spacial score (nSPS) is 13.6. The highest BCUT2D eigenvalue weighted by molar-refractivity contribution is 7.90. The van der Waals surface area contributed by atoms with E-state index in [0.717, 1.165) is 12.8 Å². The lowest BCUT2D eigenvalue weighted by Gasteiger charge is -2.16. The summed E-state index contributed by atoms with van der Waals surface area (Å²) in [7, 11) is -2.45. The molecule has 0 bridgehead atoms. The molecule has 0 radical (unpaired) electrons. The molecule has 12 heteroatoms. The smallest absolute Gasteiger partial charge is 0.300 e. The number of anilines is 1. The summed E-state index contributed by atoms with van der Waals surface area (Å²) in [6.45, 7) is 0.339. The molecule has 2 aromatic heterocycles. The van der Waals surface area contributed by atoms with Crippen molar-refractivity contribution in [2.45, 2.75) is 12.8 Å². The van der Waals surface area contributed by atoms with Gasteiger partial charge in [-0.2, -0.15) is 13.1 Å². The molecular weight excluding hydrogens is 444 g/mol. The van der Waals surface area contributed by atoms with E-state index < -0.39 is 10.2 Å². The SMILES string of the molecule is COc1ccccc1Oc1c(Cl)nc(-c2ncccn2)nc1NS(=O)(=O)NCC1CC1. The summed E-state index contributed by atoms with van der Waals surface area (Å²) in [5, 5.41) is -0.122. The van der Waals surface area contributed by atoms with Crippen molar-refractivity contribution >= 4 is 27.6 Å². The Morgan fingerprint density at radius 1 is 1.06 bits per heavy atom. The molecule has 10 nitrogen and oxygen atoms in total. The van der Waals surface area contributed by atoms with Gasteiger partial charge in [0.2, 0.25) is 11.6 Å². The fourth-order valence-corrected chi connectivity index (χ4v) is 3.75. The molecule has 162 valence electrons. The van der Waals surface area contributed by atoms with Gasteiger partial charge in [-0.1, -0.05) is 23.7 Å². The molecule has 2 N–H and O–H groups in total. The van der Waals surface area contributed by atoms with Crippen molar-refractivity contribution in [1.29, 1.82) is 0 Å². The Labute approximate surface area is 184 Å². The summed E-state index contributed by atoms with van der Waals surface area (Å²) >= 11 is 6.37. The average molecular weight is 463 g/mol.